The molecule has 0 fully saturated rings. The molecular weight excluding hydrogens is 312 g/mol. The second-order valence-corrected chi connectivity index (χ2v) is 7.84. The van der Waals surface area contributed by atoms with Gasteiger partial charge in [0.25, 0.3) is 0 Å². The van der Waals surface area contributed by atoms with Crippen molar-refractivity contribution in [2.75, 3.05) is 19.0 Å². The fourth-order valence-electron chi connectivity index (χ4n) is 2.14. The van der Waals surface area contributed by atoms with E-state index in [1.54, 1.807) is 0 Å². The van der Waals surface area contributed by atoms with Crippen LogP contribution >= 0.6 is 10.7 Å². The molecule has 0 aliphatic heterocycles. The van der Waals surface area contributed by atoms with Crippen LogP contribution < -0.4 is 9.47 Å². The van der Waals surface area contributed by atoms with Crippen LogP contribution in [0.15, 0.2) is 24.3 Å². The van der Waals surface area contributed by atoms with Crippen molar-refractivity contribution in [3.05, 3.63) is 24.3 Å². The van der Waals surface area contributed by atoms with E-state index in [0.717, 1.165) is 0 Å². The molecule has 0 saturated carbocycles. The van der Waals surface area contributed by atoms with Crippen LogP contribution in [0.25, 0.3) is 0 Å². The highest BCUT2D eigenvalue weighted by Gasteiger charge is 2.32. The van der Waals surface area contributed by atoms with Gasteiger partial charge in [0.1, 0.15) is 0 Å². The minimum absolute atomic E-state index is 0.0919. The van der Waals surface area contributed by atoms with Crippen molar-refractivity contribution in [2.45, 2.75) is 33.6 Å². The highest BCUT2D eigenvalue weighted by molar-refractivity contribution is 8.13. The van der Waals surface area contributed by atoms with Gasteiger partial charge in [-0.2, -0.15) is 0 Å². The summed E-state index contributed by atoms with van der Waals surface area (Å²) >= 11 is 0. The van der Waals surface area contributed by atoms with E-state index in [9.17, 15) is 8.42 Å². The van der Waals surface area contributed by atoms with Gasteiger partial charge in [-0.25, -0.2) is 8.42 Å². The Morgan fingerprint density at radius 2 is 1.57 bits per heavy atom. The number of hydrogen-bond acceptors (Lipinski definition) is 4. The molecule has 0 aromatic heterocycles. The van der Waals surface area contributed by atoms with Crippen molar-refractivity contribution in [1.82, 2.24) is 0 Å². The largest absolute Gasteiger partial charge is 0.490 e. The molecule has 0 saturated heterocycles. The van der Waals surface area contributed by atoms with Gasteiger partial charge in [0.15, 0.2) is 11.5 Å². The van der Waals surface area contributed by atoms with Gasteiger partial charge in [0.2, 0.25) is 9.05 Å². The average Bonchev–Trinajstić information content (AvgIpc) is 2.44. The zero-order chi connectivity index (χ0) is 15.9. The molecule has 0 radical (unpaired) electrons. The van der Waals surface area contributed by atoms with E-state index in [-0.39, 0.29) is 12.4 Å². The monoisotopic (exact) mass is 334 g/mol. The fraction of sp³-hybridized carbons (Fsp3) is 0.600. The fourth-order valence-corrected chi connectivity index (χ4v) is 4.06. The predicted octanol–water partition coefficient (Wildman–Crippen LogP) is 3.84. The second-order valence-electron chi connectivity index (χ2n) is 5.06. The molecule has 0 aliphatic carbocycles. The van der Waals surface area contributed by atoms with E-state index >= 15 is 0 Å². The number of para-hydroxylation sites is 2. The molecule has 1 aromatic carbocycles. The molecule has 0 unspecified atom stereocenters. The third-order valence-electron chi connectivity index (χ3n) is 3.66. The zero-order valence-electron chi connectivity index (χ0n) is 12.8. The topological polar surface area (TPSA) is 52.6 Å². The van der Waals surface area contributed by atoms with Gasteiger partial charge in [0.05, 0.1) is 19.0 Å². The standard InChI is InChI=1S/C15H23ClO4S/c1-4-15(5-2,12-21(16,17)18)11-20-14-10-8-7-9-13(14)19-6-3/h7-10H,4-6,11-12H2,1-3H3. The van der Waals surface area contributed by atoms with Crippen LogP contribution in [0.5, 0.6) is 11.5 Å². The van der Waals surface area contributed by atoms with E-state index in [4.69, 9.17) is 20.2 Å². The molecule has 21 heavy (non-hydrogen) atoms. The molecule has 120 valence electrons. The molecule has 0 amide bonds. The number of benzene rings is 1. The Morgan fingerprint density at radius 3 is 2.00 bits per heavy atom. The summed E-state index contributed by atoms with van der Waals surface area (Å²) in [6.07, 6.45) is 1.35. The van der Waals surface area contributed by atoms with Gasteiger partial charge in [-0.05, 0) is 31.9 Å². The van der Waals surface area contributed by atoms with Gasteiger partial charge in [-0.15, -0.1) is 0 Å². The quantitative estimate of drug-likeness (QED) is 0.644. The van der Waals surface area contributed by atoms with Gasteiger partial charge >= 0.3 is 0 Å². The molecule has 4 nitrogen and oxygen atoms in total. The third-order valence-corrected chi connectivity index (χ3v) is 4.95. The van der Waals surface area contributed by atoms with Gasteiger partial charge in [-0.1, -0.05) is 26.0 Å². The first-order valence-electron chi connectivity index (χ1n) is 7.12. The van der Waals surface area contributed by atoms with Crippen molar-refractivity contribution < 1.29 is 17.9 Å². The van der Waals surface area contributed by atoms with Crippen molar-refractivity contribution in [1.29, 1.82) is 0 Å². The summed E-state index contributed by atoms with van der Waals surface area (Å²) in [5.41, 5.74) is -0.486. The summed E-state index contributed by atoms with van der Waals surface area (Å²) in [4.78, 5) is 0. The van der Waals surface area contributed by atoms with Gasteiger partial charge < -0.3 is 9.47 Å². The molecule has 1 rings (SSSR count). The lowest BCUT2D eigenvalue weighted by Gasteiger charge is -2.30. The van der Waals surface area contributed by atoms with Crippen LogP contribution in [0.2, 0.25) is 0 Å². The third kappa shape index (κ3) is 5.75. The minimum Gasteiger partial charge on any atom is -0.490 e. The lowest BCUT2D eigenvalue weighted by Crippen LogP contribution is -2.33. The Balaban J connectivity index is 2.87. The molecule has 0 atom stereocenters. The normalized spacial score (nSPS) is 12.2. The van der Waals surface area contributed by atoms with Crippen LogP contribution in [-0.2, 0) is 9.05 Å². The van der Waals surface area contributed by atoms with Gasteiger partial charge in [0, 0.05) is 16.1 Å². The Kier molecular flexibility index (Phi) is 6.81. The summed E-state index contributed by atoms with van der Waals surface area (Å²) in [6.45, 7) is 6.63. The van der Waals surface area contributed by atoms with Crippen LogP contribution in [0.4, 0.5) is 0 Å². The average molecular weight is 335 g/mol. The Bertz CT molecular complexity index is 538. The Morgan fingerprint density at radius 1 is 1.05 bits per heavy atom. The van der Waals surface area contributed by atoms with E-state index in [1.807, 2.05) is 45.0 Å². The van der Waals surface area contributed by atoms with Crippen molar-refractivity contribution >= 4 is 19.7 Å². The van der Waals surface area contributed by atoms with Crippen molar-refractivity contribution in [2.24, 2.45) is 5.41 Å². The van der Waals surface area contributed by atoms with Crippen LogP contribution in [0.1, 0.15) is 33.6 Å². The summed E-state index contributed by atoms with van der Waals surface area (Å²) in [5, 5.41) is 0. The van der Waals surface area contributed by atoms with Gasteiger partial charge in [-0.3, -0.25) is 0 Å². The van der Waals surface area contributed by atoms with E-state index in [2.05, 4.69) is 0 Å². The smallest absolute Gasteiger partial charge is 0.233 e. The summed E-state index contributed by atoms with van der Waals surface area (Å²) in [5.74, 6) is 1.19. The number of rotatable bonds is 9. The Labute approximate surface area is 131 Å². The lowest BCUT2D eigenvalue weighted by molar-refractivity contribution is 0.149. The van der Waals surface area contributed by atoms with Crippen LogP contribution in [-0.4, -0.2) is 27.4 Å². The molecule has 0 spiro atoms. The molecule has 0 N–H and O–H groups in total. The molecular formula is C15H23ClO4S. The highest BCUT2D eigenvalue weighted by Crippen LogP contribution is 2.33. The maximum Gasteiger partial charge on any atom is 0.233 e. The number of hydrogen-bond donors (Lipinski definition) is 0. The van der Waals surface area contributed by atoms with Crippen LogP contribution in [0, 0.1) is 5.41 Å². The Hall–Kier alpha value is -0.940. The molecule has 1 aromatic rings. The predicted molar refractivity (Wildman–Crippen MR) is 85.8 cm³/mol. The second kappa shape index (κ2) is 7.90. The van der Waals surface area contributed by atoms with Crippen molar-refractivity contribution in [3.8, 4) is 11.5 Å². The minimum atomic E-state index is -3.57. The molecule has 0 bridgehead atoms. The first-order chi connectivity index (χ1) is 9.86. The van der Waals surface area contributed by atoms with E-state index in [0.29, 0.717) is 30.9 Å². The molecule has 0 aliphatic rings. The van der Waals surface area contributed by atoms with Crippen LogP contribution in [0.3, 0.4) is 0 Å². The SMILES string of the molecule is CCOc1ccccc1OCC(CC)(CC)CS(=O)(=O)Cl. The van der Waals surface area contributed by atoms with E-state index < -0.39 is 14.5 Å². The number of ether oxygens (including phenoxy) is 2. The maximum atomic E-state index is 11.4. The summed E-state index contributed by atoms with van der Waals surface area (Å²) in [6, 6.07) is 7.37. The molecule has 6 heteroatoms. The first kappa shape index (κ1) is 18.1. The first-order valence-corrected chi connectivity index (χ1v) is 9.60. The van der Waals surface area contributed by atoms with E-state index in [1.165, 1.54) is 0 Å². The van der Waals surface area contributed by atoms with Crippen molar-refractivity contribution in [3.63, 3.8) is 0 Å². The maximum absolute atomic E-state index is 11.4. The zero-order valence-corrected chi connectivity index (χ0v) is 14.3. The highest BCUT2D eigenvalue weighted by atomic mass is 35.7. The lowest BCUT2D eigenvalue weighted by atomic mass is 9.85. The summed E-state index contributed by atoms with van der Waals surface area (Å²) < 4.78 is 34.2. The summed E-state index contributed by atoms with van der Waals surface area (Å²) in [7, 11) is 1.86. The molecule has 0 heterocycles. The number of halogens is 1.